The highest BCUT2D eigenvalue weighted by Crippen LogP contribution is 2.37. The van der Waals surface area contributed by atoms with Gasteiger partial charge in [-0.2, -0.15) is 0 Å². The van der Waals surface area contributed by atoms with Crippen molar-refractivity contribution >= 4 is 23.5 Å². The second-order valence-electron chi connectivity index (χ2n) is 3.15. The Morgan fingerprint density at radius 2 is 2.00 bits per heavy atom. The van der Waals surface area contributed by atoms with Crippen LogP contribution in [0.5, 0.6) is 11.5 Å². The van der Waals surface area contributed by atoms with E-state index in [9.17, 15) is 4.79 Å². The van der Waals surface area contributed by atoms with Crippen molar-refractivity contribution in [3.63, 3.8) is 0 Å². The van der Waals surface area contributed by atoms with Gasteiger partial charge in [0.05, 0.1) is 19.2 Å². The second-order valence-corrected chi connectivity index (χ2v) is 3.53. The molecule has 16 heavy (non-hydrogen) atoms. The first-order valence-electron chi connectivity index (χ1n) is 4.69. The van der Waals surface area contributed by atoms with Crippen LogP contribution in [0.2, 0.25) is 5.02 Å². The van der Waals surface area contributed by atoms with E-state index >= 15 is 0 Å². The highest BCUT2D eigenvalue weighted by atomic mass is 35.5. The summed E-state index contributed by atoms with van der Waals surface area (Å²) in [7, 11) is 3.06. The highest BCUT2D eigenvalue weighted by molar-refractivity contribution is 6.33. The minimum absolute atomic E-state index is 0.0362. The lowest BCUT2D eigenvalue weighted by molar-refractivity contribution is -0.112. The van der Waals surface area contributed by atoms with E-state index in [1.165, 1.54) is 20.1 Å². The lowest BCUT2D eigenvalue weighted by Gasteiger charge is -2.10. The van der Waals surface area contributed by atoms with Crippen molar-refractivity contribution in [1.29, 1.82) is 0 Å². The molecule has 0 saturated heterocycles. The minimum atomic E-state index is -0.0362. The van der Waals surface area contributed by atoms with E-state index in [4.69, 9.17) is 21.1 Å². The Hall–Kier alpha value is -1.48. The summed E-state index contributed by atoms with van der Waals surface area (Å²) in [6.45, 7) is 1.48. The molecule has 0 heterocycles. The monoisotopic (exact) mass is 240 g/mol. The van der Waals surface area contributed by atoms with Crippen LogP contribution in [0, 0.1) is 0 Å². The first kappa shape index (κ1) is 12.6. The third-order valence-corrected chi connectivity index (χ3v) is 2.40. The molecule has 1 aromatic rings. The van der Waals surface area contributed by atoms with Crippen molar-refractivity contribution in [1.82, 2.24) is 0 Å². The average Bonchev–Trinajstić information content (AvgIpc) is 2.26. The molecule has 0 spiro atoms. The fourth-order valence-electron chi connectivity index (χ4n) is 1.24. The first-order valence-corrected chi connectivity index (χ1v) is 5.07. The molecule has 86 valence electrons. The van der Waals surface area contributed by atoms with E-state index in [1.807, 2.05) is 0 Å². The van der Waals surface area contributed by atoms with Gasteiger partial charge in [-0.1, -0.05) is 11.6 Å². The van der Waals surface area contributed by atoms with Crippen LogP contribution in [-0.2, 0) is 4.79 Å². The Morgan fingerprint density at radius 1 is 1.31 bits per heavy atom. The van der Waals surface area contributed by atoms with Gasteiger partial charge in [0.2, 0.25) is 0 Å². The molecule has 3 nitrogen and oxygen atoms in total. The van der Waals surface area contributed by atoms with Gasteiger partial charge in [-0.05, 0) is 36.8 Å². The summed E-state index contributed by atoms with van der Waals surface area (Å²) in [5.74, 6) is 0.994. The Labute approximate surface area is 99.6 Å². The number of carbonyl (C=O) groups is 1. The number of rotatable bonds is 4. The van der Waals surface area contributed by atoms with Gasteiger partial charge in [0.25, 0.3) is 0 Å². The van der Waals surface area contributed by atoms with Gasteiger partial charge in [0, 0.05) is 0 Å². The average molecular weight is 241 g/mol. The summed E-state index contributed by atoms with van der Waals surface area (Å²) in [6, 6.07) is 3.51. The minimum Gasteiger partial charge on any atom is -0.493 e. The molecular formula is C12H13ClO3. The van der Waals surface area contributed by atoms with E-state index in [0.29, 0.717) is 16.5 Å². The number of methoxy groups -OCH3 is 2. The van der Waals surface area contributed by atoms with E-state index < -0.39 is 0 Å². The van der Waals surface area contributed by atoms with Crippen LogP contribution in [0.1, 0.15) is 12.5 Å². The molecule has 0 N–H and O–H groups in total. The largest absolute Gasteiger partial charge is 0.493 e. The maximum absolute atomic E-state index is 10.8. The van der Waals surface area contributed by atoms with Crippen LogP contribution >= 0.6 is 11.6 Å². The molecule has 0 amide bonds. The fourth-order valence-corrected chi connectivity index (χ4v) is 1.54. The van der Waals surface area contributed by atoms with Crippen molar-refractivity contribution in [2.75, 3.05) is 14.2 Å². The summed E-state index contributed by atoms with van der Waals surface area (Å²) in [5, 5.41) is 0.430. The summed E-state index contributed by atoms with van der Waals surface area (Å²) in [5.41, 5.74) is 0.717. The van der Waals surface area contributed by atoms with E-state index in [1.54, 1.807) is 25.3 Å². The number of halogens is 1. The molecule has 1 rings (SSSR count). The maximum atomic E-state index is 10.8. The molecule has 4 heteroatoms. The first-order chi connectivity index (χ1) is 7.60. The zero-order chi connectivity index (χ0) is 12.1. The van der Waals surface area contributed by atoms with Gasteiger partial charge >= 0.3 is 0 Å². The summed E-state index contributed by atoms with van der Waals surface area (Å²) in [4.78, 5) is 10.8. The Kier molecular flexibility index (Phi) is 4.38. The third kappa shape index (κ3) is 2.76. The molecule has 0 aliphatic heterocycles. The third-order valence-electron chi connectivity index (χ3n) is 2.01. The quantitative estimate of drug-likeness (QED) is 0.759. The zero-order valence-electron chi connectivity index (χ0n) is 9.41. The zero-order valence-corrected chi connectivity index (χ0v) is 10.2. The number of hydrogen-bond acceptors (Lipinski definition) is 3. The lowest BCUT2D eigenvalue weighted by atomic mass is 10.1. The Balaban J connectivity index is 3.18. The number of benzene rings is 1. The molecule has 0 saturated carbocycles. The Bertz CT molecular complexity index is 425. The lowest BCUT2D eigenvalue weighted by Crippen LogP contribution is -1.92. The van der Waals surface area contributed by atoms with Crippen LogP contribution in [0.3, 0.4) is 0 Å². The summed E-state index contributed by atoms with van der Waals surface area (Å²) in [6.07, 6.45) is 3.10. The van der Waals surface area contributed by atoms with Crippen LogP contribution in [0.15, 0.2) is 18.2 Å². The standard InChI is InChI=1S/C12H13ClO3/c1-8(14)4-5-9-6-7-10(15-2)12(16-3)11(9)13/h4-7H,1-3H3/b5-4+. The topological polar surface area (TPSA) is 35.5 Å². The molecule has 0 aromatic heterocycles. The normalized spacial score (nSPS) is 10.5. The van der Waals surface area contributed by atoms with Gasteiger partial charge in [-0.15, -0.1) is 0 Å². The molecule has 0 atom stereocenters. The van der Waals surface area contributed by atoms with E-state index in [-0.39, 0.29) is 5.78 Å². The van der Waals surface area contributed by atoms with E-state index in [0.717, 1.165) is 5.56 Å². The van der Waals surface area contributed by atoms with Gasteiger partial charge in [0.1, 0.15) is 0 Å². The summed E-state index contributed by atoms with van der Waals surface area (Å²) < 4.78 is 10.2. The second kappa shape index (κ2) is 5.56. The van der Waals surface area contributed by atoms with Crippen molar-refractivity contribution in [3.05, 3.63) is 28.8 Å². The maximum Gasteiger partial charge on any atom is 0.179 e. The van der Waals surface area contributed by atoms with Crippen LogP contribution in [-0.4, -0.2) is 20.0 Å². The number of carbonyl (C=O) groups excluding carboxylic acids is 1. The molecule has 1 aromatic carbocycles. The summed E-state index contributed by atoms with van der Waals surface area (Å²) >= 11 is 6.11. The number of allylic oxidation sites excluding steroid dienone is 1. The fraction of sp³-hybridized carbons (Fsp3) is 0.250. The van der Waals surface area contributed by atoms with Crippen molar-refractivity contribution < 1.29 is 14.3 Å². The molecule has 0 aliphatic carbocycles. The highest BCUT2D eigenvalue weighted by Gasteiger charge is 2.11. The van der Waals surface area contributed by atoms with Gasteiger partial charge < -0.3 is 9.47 Å². The Morgan fingerprint density at radius 3 is 2.50 bits per heavy atom. The van der Waals surface area contributed by atoms with Gasteiger partial charge in [-0.25, -0.2) is 0 Å². The molecular weight excluding hydrogens is 228 g/mol. The van der Waals surface area contributed by atoms with Gasteiger partial charge in [0.15, 0.2) is 17.3 Å². The molecule has 0 radical (unpaired) electrons. The predicted molar refractivity (Wildman–Crippen MR) is 64.3 cm³/mol. The van der Waals surface area contributed by atoms with Crippen LogP contribution in [0.4, 0.5) is 0 Å². The number of hydrogen-bond donors (Lipinski definition) is 0. The molecule has 0 aliphatic rings. The molecule has 0 bridgehead atoms. The smallest absolute Gasteiger partial charge is 0.179 e. The predicted octanol–water partition coefficient (Wildman–Crippen LogP) is 2.96. The van der Waals surface area contributed by atoms with Crippen molar-refractivity contribution in [2.45, 2.75) is 6.92 Å². The number of ketones is 1. The van der Waals surface area contributed by atoms with Crippen molar-refractivity contribution in [2.24, 2.45) is 0 Å². The number of ether oxygens (including phenoxy) is 2. The van der Waals surface area contributed by atoms with Crippen LogP contribution < -0.4 is 9.47 Å². The molecule has 0 fully saturated rings. The SMILES string of the molecule is COc1ccc(/C=C/C(C)=O)c(Cl)c1OC. The van der Waals surface area contributed by atoms with Crippen LogP contribution in [0.25, 0.3) is 6.08 Å². The van der Waals surface area contributed by atoms with Gasteiger partial charge in [-0.3, -0.25) is 4.79 Å². The van der Waals surface area contributed by atoms with E-state index in [2.05, 4.69) is 0 Å². The van der Waals surface area contributed by atoms with Crippen molar-refractivity contribution in [3.8, 4) is 11.5 Å². The molecule has 0 unspecified atom stereocenters.